The Hall–Kier alpha value is -1.94. The predicted molar refractivity (Wildman–Crippen MR) is 404 cm³/mol. The SMILES string of the molecule is CCC(C)CCCCCCCCCCCCCCCCCCCCC(=O)OC[C@H](COP(=O)(O)OC[C@@H](O)COP(=O)(O)OC[C@@H](COC(=O)CCCCCCCCC(C)CC)OC(=O)CCCCCCCCC(C)C)OC(=O)CCCCCCCCCCCCCCCCCC(C)C. The second-order valence-corrected chi connectivity index (χ2v) is 33.1. The minimum atomic E-state index is -4.96. The molecule has 0 aliphatic rings. The molecule has 0 bridgehead atoms. The standard InChI is InChI=1S/C80H156O17P2/c1-9-72(7)58-50-42-33-29-25-21-17-13-11-12-14-18-22-26-30-34-44-52-60-77(82)90-66-75(96-79(84)62-54-46-35-31-27-23-19-15-16-20-24-28-32-40-48-56-70(3)4)68-94-98(86,87)92-64-74(81)65-93-99(88,89)95-69-76(97-80(85)63-55-47-38-36-41-49-57-71(5)6)67-91-78(83)61-53-45-39-37-43-51-59-73(8)10-2/h70-76,81H,9-69H2,1-8H3,(H,86,87)(H,88,89)/t72?,73?,74-,75-,76-/m1/s1. The van der Waals surface area contributed by atoms with Gasteiger partial charge in [0, 0.05) is 25.7 Å². The van der Waals surface area contributed by atoms with Gasteiger partial charge >= 0.3 is 39.5 Å². The Morgan fingerprint density at radius 3 is 0.717 bits per heavy atom. The van der Waals surface area contributed by atoms with Gasteiger partial charge in [0.2, 0.25) is 0 Å². The zero-order valence-corrected chi connectivity index (χ0v) is 66.9. The van der Waals surface area contributed by atoms with Crippen LogP contribution < -0.4 is 0 Å². The summed E-state index contributed by atoms with van der Waals surface area (Å²) in [6, 6.07) is 0. The van der Waals surface area contributed by atoms with Gasteiger partial charge in [-0.05, 0) is 49.4 Å². The van der Waals surface area contributed by atoms with E-state index in [1.54, 1.807) is 0 Å². The van der Waals surface area contributed by atoms with Crippen molar-refractivity contribution in [3.8, 4) is 0 Å². The molecule has 0 radical (unpaired) electrons. The van der Waals surface area contributed by atoms with Crippen LogP contribution in [-0.4, -0.2) is 96.7 Å². The zero-order valence-electron chi connectivity index (χ0n) is 65.1. The van der Waals surface area contributed by atoms with E-state index in [-0.39, 0.29) is 25.7 Å². The first-order valence-electron chi connectivity index (χ1n) is 41.3. The fraction of sp³-hybridized carbons (Fsp3) is 0.950. The Balaban J connectivity index is 5.17. The average Bonchev–Trinajstić information content (AvgIpc) is 1.12. The van der Waals surface area contributed by atoms with Crippen molar-refractivity contribution in [3.05, 3.63) is 0 Å². The Morgan fingerprint density at radius 2 is 0.485 bits per heavy atom. The van der Waals surface area contributed by atoms with Gasteiger partial charge in [-0.2, -0.15) is 0 Å². The summed E-state index contributed by atoms with van der Waals surface area (Å²) in [6.07, 6.45) is 55.9. The quantitative estimate of drug-likeness (QED) is 0.0222. The van der Waals surface area contributed by atoms with Gasteiger partial charge in [0.15, 0.2) is 12.2 Å². The molecule has 0 heterocycles. The van der Waals surface area contributed by atoms with E-state index in [9.17, 15) is 43.2 Å². The molecule has 0 aromatic rings. The second-order valence-electron chi connectivity index (χ2n) is 30.2. The van der Waals surface area contributed by atoms with Crippen LogP contribution in [0.4, 0.5) is 0 Å². The summed E-state index contributed by atoms with van der Waals surface area (Å²) in [5.74, 6) is 0.954. The molecule has 0 aliphatic carbocycles. The zero-order chi connectivity index (χ0) is 73.1. The fourth-order valence-electron chi connectivity index (χ4n) is 12.2. The van der Waals surface area contributed by atoms with Gasteiger partial charge in [0.1, 0.15) is 19.3 Å². The van der Waals surface area contributed by atoms with Gasteiger partial charge < -0.3 is 33.8 Å². The van der Waals surface area contributed by atoms with Crippen molar-refractivity contribution < 1.29 is 80.2 Å². The lowest BCUT2D eigenvalue weighted by molar-refractivity contribution is -0.161. The van der Waals surface area contributed by atoms with E-state index in [1.807, 2.05) is 0 Å². The van der Waals surface area contributed by atoms with E-state index >= 15 is 0 Å². The molecular formula is C80H156O17P2. The lowest BCUT2D eigenvalue weighted by Gasteiger charge is -2.21. The lowest BCUT2D eigenvalue weighted by Crippen LogP contribution is -2.30. The molecule has 0 rings (SSSR count). The molecule has 0 amide bonds. The number of rotatable bonds is 77. The Labute approximate surface area is 607 Å². The summed E-state index contributed by atoms with van der Waals surface area (Å²) in [5, 5.41) is 10.6. The first kappa shape index (κ1) is 97.1. The van der Waals surface area contributed by atoms with Gasteiger partial charge in [0.25, 0.3) is 0 Å². The number of phosphoric ester groups is 2. The van der Waals surface area contributed by atoms with Gasteiger partial charge in [0.05, 0.1) is 26.4 Å². The van der Waals surface area contributed by atoms with Crippen LogP contribution >= 0.6 is 15.6 Å². The van der Waals surface area contributed by atoms with E-state index < -0.39 is 97.5 Å². The second kappa shape index (κ2) is 69.1. The first-order valence-corrected chi connectivity index (χ1v) is 44.3. The molecule has 19 heteroatoms. The number of ether oxygens (including phenoxy) is 4. The third-order valence-electron chi connectivity index (χ3n) is 19.3. The highest BCUT2D eigenvalue weighted by atomic mass is 31.2. The smallest absolute Gasteiger partial charge is 0.462 e. The highest BCUT2D eigenvalue weighted by Crippen LogP contribution is 2.45. The van der Waals surface area contributed by atoms with Crippen LogP contribution in [0.2, 0.25) is 0 Å². The van der Waals surface area contributed by atoms with Crippen molar-refractivity contribution in [2.45, 2.75) is 427 Å². The van der Waals surface area contributed by atoms with Crippen molar-refractivity contribution in [1.29, 1.82) is 0 Å². The van der Waals surface area contributed by atoms with Crippen LogP contribution in [0, 0.1) is 23.7 Å². The normalized spacial score (nSPS) is 14.6. The largest absolute Gasteiger partial charge is 0.472 e. The molecule has 0 aliphatic heterocycles. The maximum Gasteiger partial charge on any atom is 0.472 e. The number of hydrogen-bond donors (Lipinski definition) is 3. The number of unbranched alkanes of at least 4 members (excludes halogenated alkanes) is 41. The highest BCUT2D eigenvalue weighted by Gasteiger charge is 2.30. The Kier molecular flexibility index (Phi) is 67.8. The summed E-state index contributed by atoms with van der Waals surface area (Å²) in [5.41, 5.74) is 0. The Bertz CT molecular complexity index is 1940. The molecule has 4 unspecified atom stereocenters. The molecular weight excluding hydrogens is 1290 g/mol. The van der Waals surface area contributed by atoms with Crippen molar-refractivity contribution >= 4 is 39.5 Å². The number of aliphatic hydroxyl groups excluding tert-OH is 1. The summed E-state index contributed by atoms with van der Waals surface area (Å²) in [7, 11) is -9.92. The van der Waals surface area contributed by atoms with E-state index in [2.05, 4.69) is 55.4 Å². The monoisotopic (exact) mass is 1450 g/mol. The molecule has 17 nitrogen and oxygen atoms in total. The molecule has 0 spiro atoms. The fourth-order valence-corrected chi connectivity index (χ4v) is 13.8. The summed E-state index contributed by atoms with van der Waals surface area (Å²) in [4.78, 5) is 72.8. The van der Waals surface area contributed by atoms with Gasteiger partial charge in [-0.3, -0.25) is 37.3 Å². The van der Waals surface area contributed by atoms with E-state index in [0.29, 0.717) is 31.6 Å². The highest BCUT2D eigenvalue weighted by molar-refractivity contribution is 7.47. The first-order chi connectivity index (χ1) is 47.7. The topological polar surface area (TPSA) is 237 Å². The summed E-state index contributed by atoms with van der Waals surface area (Å²) >= 11 is 0. The van der Waals surface area contributed by atoms with Crippen molar-refractivity contribution in [1.82, 2.24) is 0 Å². The maximum absolute atomic E-state index is 13.1. The molecule has 0 aromatic carbocycles. The van der Waals surface area contributed by atoms with Gasteiger partial charge in [-0.25, -0.2) is 9.13 Å². The third kappa shape index (κ3) is 71.5. The molecule has 0 aromatic heterocycles. The van der Waals surface area contributed by atoms with Crippen LogP contribution in [0.15, 0.2) is 0 Å². The van der Waals surface area contributed by atoms with Crippen LogP contribution in [0.25, 0.3) is 0 Å². The minimum absolute atomic E-state index is 0.101. The lowest BCUT2D eigenvalue weighted by atomic mass is 9.99. The molecule has 0 saturated heterocycles. The third-order valence-corrected chi connectivity index (χ3v) is 21.2. The van der Waals surface area contributed by atoms with E-state index in [4.69, 9.17) is 37.0 Å². The molecule has 7 atom stereocenters. The number of aliphatic hydroxyl groups is 1. The number of carbonyl (C=O) groups excluding carboxylic acids is 4. The Morgan fingerprint density at radius 1 is 0.283 bits per heavy atom. The van der Waals surface area contributed by atoms with Crippen LogP contribution in [0.3, 0.4) is 0 Å². The van der Waals surface area contributed by atoms with Crippen molar-refractivity contribution in [2.24, 2.45) is 23.7 Å². The number of phosphoric acid groups is 2. The summed E-state index contributed by atoms with van der Waals surface area (Å²) in [6.45, 7) is 14.2. The molecule has 0 fully saturated rings. The predicted octanol–water partition coefficient (Wildman–Crippen LogP) is 23.6. The van der Waals surface area contributed by atoms with E-state index in [1.165, 1.54) is 205 Å². The molecule has 99 heavy (non-hydrogen) atoms. The number of hydrogen-bond acceptors (Lipinski definition) is 15. The minimum Gasteiger partial charge on any atom is -0.462 e. The van der Waals surface area contributed by atoms with Crippen LogP contribution in [0.1, 0.15) is 409 Å². The van der Waals surface area contributed by atoms with Gasteiger partial charge in [-0.15, -0.1) is 0 Å². The number of carbonyl (C=O) groups is 4. The van der Waals surface area contributed by atoms with Gasteiger partial charge in [-0.1, -0.05) is 357 Å². The maximum atomic E-state index is 13.1. The molecule has 3 N–H and O–H groups in total. The summed E-state index contributed by atoms with van der Waals surface area (Å²) < 4.78 is 68.5. The molecule has 588 valence electrons. The average molecular weight is 1450 g/mol. The number of esters is 4. The van der Waals surface area contributed by atoms with Crippen molar-refractivity contribution in [2.75, 3.05) is 39.6 Å². The molecule has 0 saturated carbocycles. The van der Waals surface area contributed by atoms with Crippen molar-refractivity contribution in [3.63, 3.8) is 0 Å². The van der Waals surface area contributed by atoms with Crippen LogP contribution in [-0.2, 0) is 65.4 Å². The van der Waals surface area contributed by atoms with Crippen LogP contribution in [0.5, 0.6) is 0 Å². The van der Waals surface area contributed by atoms with E-state index in [0.717, 1.165) is 114 Å².